The van der Waals surface area contributed by atoms with Gasteiger partial charge in [0.05, 0.1) is 28.5 Å². The monoisotopic (exact) mass is 570 g/mol. The van der Waals surface area contributed by atoms with Crippen molar-refractivity contribution in [1.82, 2.24) is 4.98 Å². The Morgan fingerprint density at radius 2 is 1.70 bits per heavy atom. The van der Waals surface area contributed by atoms with Crippen LogP contribution in [0.5, 0.6) is 0 Å². The Morgan fingerprint density at radius 3 is 2.52 bits per heavy atom. The Morgan fingerprint density at radius 1 is 0.900 bits per heavy atom. The van der Waals surface area contributed by atoms with E-state index in [4.69, 9.17) is 14.5 Å². The van der Waals surface area contributed by atoms with Crippen molar-refractivity contribution in [3.63, 3.8) is 0 Å². The number of methoxy groups -OCH3 is 1. The van der Waals surface area contributed by atoms with Gasteiger partial charge in [0.2, 0.25) is 0 Å². The van der Waals surface area contributed by atoms with Gasteiger partial charge in [-0.1, -0.05) is 48.9 Å². The number of thiophene rings is 1. The first-order chi connectivity index (χ1) is 19.5. The molecule has 1 aliphatic rings. The van der Waals surface area contributed by atoms with Crippen LogP contribution >= 0.6 is 22.7 Å². The van der Waals surface area contributed by atoms with Crippen molar-refractivity contribution in [2.75, 3.05) is 19.0 Å². The predicted octanol–water partition coefficient (Wildman–Crippen LogP) is 7.03. The molecule has 6 rings (SSSR count). The number of carbonyl (C=O) groups is 3. The number of ether oxygens (including phenoxy) is 2. The first-order valence-electron chi connectivity index (χ1n) is 13.1. The first kappa shape index (κ1) is 26.2. The third-order valence-corrected chi connectivity index (χ3v) is 9.32. The lowest BCUT2D eigenvalue weighted by molar-refractivity contribution is -0.119. The number of esters is 2. The van der Waals surface area contributed by atoms with Crippen LogP contribution in [0.4, 0.5) is 5.00 Å². The summed E-state index contributed by atoms with van der Waals surface area (Å²) in [5, 5.41) is 5.64. The minimum absolute atomic E-state index is 0.359. The van der Waals surface area contributed by atoms with Crippen LogP contribution in [0.15, 0.2) is 60.7 Å². The fourth-order valence-electron chi connectivity index (χ4n) is 5.20. The largest absolute Gasteiger partial charge is 0.465 e. The maximum absolute atomic E-state index is 13.3. The number of amides is 1. The summed E-state index contributed by atoms with van der Waals surface area (Å²) >= 11 is 2.96. The van der Waals surface area contributed by atoms with E-state index in [2.05, 4.69) is 5.32 Å². The highest BCUT2D eigenvalue weighted by Crippen LogP contribution is 2.38. The fourth-order valence-corrected chi connectivity index (χ4v) is 7.49. The van der Waals surface area contributed by atoms with E-state index >= 15 is 0 Å². The highest BCUT2D eigenvalue weighted by atomic mass is 32.1. The zero-order valence-electron chi connectivity index (χ0n) is 21.8. The second-order valence-corrected chi connectivity index (χ2v) is 11.7. The summed E-state index contributed by atoms with van der Waals surface area (Å²) in [5.41, 5.74) is 3.46. The number of benzene rings is 3. The molecule has 3 aromatic carbocycles. The Balaban J connectivity index is 1.24. The highest BCUT2D eigenvalue weighted by Gasteiger charge is 2.27. The lowest BCUT2D eigenvalue weighted by Crippen LogP contribution is -2.22. The molecule has 202 valence electrons. The zero-order valence-corrected chi connectivity index (χ0v) is 23.5. The van der Waals surface area contributed by atoms with E-state index in [1.54, 1.807) is 23.5 Å². The molecule has 5 aromatic rings. The third-order valence-electron chi connectivity index (χ3n) is 7.05. The molecule has 0 saturated carbocycles. The van der Waals surface area contributed by atoms with Gasteiger partial charge in [-0.05, 0) is 54.8 Å². The number of hydrogen-bond acceptors (Lipinski definition) is 8. The molecule has 1 aliphatic carbocycles. The van der Waals surface area contributed by atoms with Crippen molar-refractivity contribution < 1.29 is 23.9 Å². The number of rotatable bonds is 6. The molecule has 0 atom stereocenters. The number of para-hydroxylation sites is 1. The molecule has 0 radical (unpaired) electrons. The average molecular weight is 571 g/mol. The topological polar surface area (TPSA) is 94.6 Å². The Hall–Kier alpha value is -4.08. The summed E-state index contributed by atoms with van der Waals surface area (Å²) in [4.78, 5) is 44.7. The molecule has 0 spiro atoms. The Kier molecular flexibility index (Phi) is 7.32. The third kappa shape index (κ3) is 4.98. The maximum Gasteiger partial charge on any atom is 0.341 e. The molecule has 0 saturated heterocycles. The van der Waals surface area contributed by atoms with Crippen molar-refractivity contribution in [3.8, 4) is 10.6 Å². The highest BCUT2D eigenvalue weighted by molar-refractivity contribution is 7.21. The Bertz CT molecular complexity index is 1730. The quantitative estimate of drug-likeness (QED) is 0.174. The molecule has 2 aromatic heterocycles. The predicted molar refractivity (Wildman–Crippen MR) is 158 cm³/mol. The summed E-state index contributed by atoms with van der Waals surface area (Å²) in [6, 6.07) is 19.2. The van der Waals surface area contributed by atoms with Crippen LogP contribution in [-0.2, 0) is 27.1 Å². The number of aryl methyl sites for hydroxylation is 1. The number of aromatic nitrogens is 1. The summed E-state index contributed by atoms with van der Waals surface area (Å²) in [6.45, 7) is -0.484. The molecule has 0 bridgehead atoms. The average Bonchev–Trinajstić information content (AvgIpc) is 3.48. The molecule has 7 nitrogen and oxygen atoms in total. The van der Waals surface area contributed by atoms with Crippen LogP contribution in [0.2, 0.25) is 0 Å². The van der Waals surface area contributed by atoms with Crippen molar-refractivity contribution in [2.24, 2.45) is 0 Å². The lowest BCUT2D eigenvalue weighted by atomic mass is 9.99. The number of nitrogens with one attached hydrogen (secondary N) is 1. The van der Waals surface area contributed by atoms with E-state index in [9.17, 15) is 14.4 Å². The van der Waals surface area contributed by atoms with E-state index in [0.717, 1.165) is 74.1 Å². The van der Waals surface area contributed by atoms with Gasteiger partial charge in [0, 0.05) is 15.8 Å². The number of anilines is 1. The van der Waals surface area contributed by atoms with E-state index in [1.165, 1.54) is 18.4 Å². The number of thiazole rings is 1. The summed E-state index contributed by atoms with van der Waals surface area (Å²) < 4.78 is 11.6. The van der Waals surface area contributed by atoms with E-state index in [0.29, 0.717) is 16.1 Å². The molecule has 0 unspecified atom stereocenters. The number of hydrogen-bond donors (Lipinski definition) is 1. The van der Waals surface area contributed by atoms with E-state index in [-0.39, 0.29) is 0 Å². The van der Waals surface area contributed by atoms with Gasteiger partial charge in [0.1, 0.15) is 10.0 Å². The van der Waals surface area contributed by atoms with Crippen molar-refractivity contribution in [3.05, 3.63) is 82.2 Å². The molecule has 1 N–H and O–H groups in total. The maximum atomic E-state index is 13.3. The van der Waals surface area contributed by atoms with Gasteiger partial charge in [-0.15, -0.1) is 22.7 Å². The summed E-state index contributed by atoms with van der Waals surface area (Å²) in [6.07, 6.45) is 4.78. The van der Waals surface area contributed by atoms with Crippen LogP contribution in [0.25, 0.3) is 31.6 Å². The smallest absolute Gasteiger partial charge is 0.341 e. The molecule has 9 heteroatoms. The molecule has 0 aliphatic heterocycles. The normalized spacial score (nSPS) is 13.0. The SMILES string of the molecule is COC(=O)c1c(NC(=O)COC(=O)c2cccc3cccc(-c4nc5ccccc5s4)c23)sc2c1CCCCC2. The van der Waals surface area contributed by atoms with Gasteiger partial charge in [0.25, 0.3) is 5.91 Å². The van der Waals surface area contributed by atoms with Crippen LogP contribution in [0, 0.1) is 0 Å². The molecule has 0 fully saturated rings. The van der Waals surface area contributed by atoms with Crippen molar-refractivity contribution in [1.29, 1.82) is 0 Å². The lowest BCUT2D eigenvalue weighted by Gasteiger charge is -2.11. The standard InChI is InChI=1S/C31H26N2O5S2/c1-37-31(36)27-19-11-3-2-4-15-23(19)39-29(27)33-25(34)17-38-30(35)21-13-8-10-18-9-7-12-20(26(18)21)28-32-22-14-5-6-16-24(22)40-28/h5-10,12-14,16H,2-4,11,15,17H2,1H3,(H,33,34). The van der Waals surface area contributed by atoms with Crippen molar-refractivity contribution in [2.45, 2.75) is 32.1 Å². The second kappa shape index (κ2) is 11.2. The van der Waals surface area contributed by atoms with Crippen LogP contribution in [0.1, 0.15) is 50.4 Å². The zero-order chi connectivity index (χ0) is 27.6. The van der Waals surface area contributed by atoms with Gasteiger partial charge in [0.15, 0.2) is 6.61 Å². The number of carbonyl (C=O) groups excluding carboxylic acids is 3. The van der Waals surface area contributed by atoms with Gasteiger partial charge in [-0.3, -0.25) is 4.79 Å². The summed E-state index contributed by atoms with van der Waals surface area (Å²) in [7, 11) is 1.34. The second-order valence-electron chi connectivity index (χ2n) is 9.58. The van der Waals surface area contributed by atoms with Crippen molar-refractivity contribution >= 4 is 66.5 Å². The molecule has 2 heterocycles. The van der Waals surface area contributed by atoms with Crippen LogP contribution in [0.3, 0.4) is 0 Å². The Labute approximate surface area is 238 Å². The van der Waals surface area contributed by atoms with Crippen LogP contribution < -0.4 is 5.32 Å². The first-order valence-corrected chi connectivity index (χ1v) is 14.7. The van der Waals surface area contributed by atoms with Gasteiger partial charge in [-0.25, -0.2) is 14.6 Å². The van der Waals surface area contributed by atoms with Gasteiger partial charge in [-0.2, -0.15) is 0 Å². The van der Waals surface area contributed by atoms with E-state index < -0.39 is 24.5 Å². The molecule has 40 heavy (non-hydrogen) atoms. The summed E-state index contributed by atoms with van der Waals surface area (Å²) in [5.74, 6) is -1.59. The number of fused-ring (bicyclic) bond motifs is 3. The minimum atomic E-state index is -0.607. The van der Waals surface area contributed by atoms with Gasteiger partial charge >= 0.3 is 11.9 Å². The van der Waals surface area contributed by atoms with Crippen LogP contribution in [-0.4, -0.2) is 36.5 Å². The van der Waals surface area contributed by atoms with Gasteiger partial charge < -0.3 is 14.8 Å². The molecular weight excluding hydrogens is 544 g/mol. The number of nitrogens with zero attached hydrogens (tertiary/aromatic N) is 1. The molecular formula is C31H26N2O5S2. The fraction of sp³-hybridized carbons (Fsp3) is 0.226. The minimum Gasteiger partial charge on any atom is -0.465 e. The molecule has 1 amide bonds. The van der Waals surface area contributed by atoms with E-state index in [1.807, 2.05) is 48.5 Å².